The van der Waals surface area contributed by atoms with Crippen molar-refractivity contribution < 1.29 is 9.31 Å². The third kappa shape index (κ3) is 3.58. The molecule has 0 bridgehead atoms. The summed E-state index contributed by atoms with van der Waals surface area (Å²) in [6, 6.07) is 7.99. The van der Waals surface area contributed by atoms with Gasteiger partial charge in [0.1, 0.15) is 5.82 Å². The van der Waals surface area contributed by atoms with Gasteiger partial charge in [-0.3, -0.25) is 10.1 Å². The van der Waals surface area contributed by atoms with E-state index in [-0.39, 0.29) is 18.0 Å². The van der Waals surface area contributed by atoms with Crippen molar-refractivity contribution in [3.05, 3.63) is 67.4 Å². The van der Waals surface area contributed by atoms with Crippen LogP contribution in [0, 0.1) is 29.8 Å². The summed E-state index contributed by atoms with van der Waals surface area (Å²) in [6.45, 7) is 3.81. The van der Waals surface area contributed by atoms with E-state index >= 15 is 0 Å². The summed E-state index contributed by atoms with van der Waals surface area (Å²) >= 11 is 3.36. The second-order valence-corrected chi connectivity index (χ2v) is 5.68. The van der Waals surface area contributed by atoms with Crippen molar-refractivity contribution in [3.63, 3.8) is 0 Å². The van der Waals surface area contributed by atoms with E-state index in [4.69, 9.17) is 0 Å². The summed E-state index contributed by atoms with van der Waals surface area (Å²) in [5, 5.41) is 14.0. The molecule has 6 heteroatoms. The molecule has 0 aliphatic heterocycles. The van der Waals surface area contributed by atoms with Crippen LogP contribution in [0.5, 0.6) is 0 Å². The third-order valence-corrected chi connectivity index (χ3v) is 3.81. The number of hydrogen-bond acceptors (Lipinski definition) is 3. The van der Waals surface area contributed by atoms with Crippen molar-refractivity contribution in [3.8, 4) is 0 Å². The zero-order valence-electron chi connectivity index (χ0n) is 11.6. The van der Waals surface area contributed by atoms with Crippen LogP contribution in [0.15, 0.2) is 34.8 Å². The summed E-state index contributed by atoms with van der Waals surface area (Å²) in [6.07, 6.45) is 0. The van der Waals surface area contributed by atoms with Gasteiger partial charge in [0.2, 0.25) is 0 Å². The van der Waals surface area contributed by atoms with Gasteiger partial charge in [0.15, 0.2) is 0 Å². The molecule has 4 nitrogen and oxygen atoms in total. The smallest absolute Gasteiger partial charge is 0.274 e. The highest BCUT2D eigenvalue weighted by atomic mass is 79.9. The predicted octanol–water partition coefficient (Wildman–Crippen LogP) is 4.73. The second kappa shape index (κ2) is 6.22. The van der Waals surface area contributed by atoms with Crippen LogP contribution in [-0.2, 0) is 6.54 Å². The topological polar surface area (TPSA) is 55.2 Å². The highest BCUT2D eigenvalue weighted by Crippen LogP contribution is 2.31. The number of hydrogen-bond donors (Lipinski definition) is 1. The Balaban J connectivity index is 2.25. The van der Waals surface area contributed by atoms with Gasteiger partial charge >= 0.3 is 0 Å². The zero-order chi connectivity index (χ0) is 15.6. The molecule has 0 aliphatic rings. The van der Waals surface area contributed by atoms with Crippen molar-refractivity contribution >= 4 is 27.3 Å². The molecule has 0 unspecified atom stereocenters. The number of halogens is 2. The molecule has 1 N–H and O–H groups in total. The Labute approximate surface area is 130 Å². The molecule has 0 heterocycles. The van der Waals surface area contributed by atoms with Gasteiger partial charge in [0.05, 0.1) is 10.6 Å². The van der Waals surface area contributed by atoms with E-state index in [1.54, 1.807) is 25.1 Å². The van der Waals surface area contributed by atoms with Gasteiger partial charge in [-0.05, 0) is 41.9 Å². The molecule has 0 radical (unpaired) electrons. The fraction of sp³-hybridized carbons (Fsp3) is 0.200. The lowest BCUT2D eigenvalue weighted by Gasteiger charge is -2.11. The molecule has 0 saturated heterocycles. The summed E-state index contributed by atoms with van der Waals surface area (Å²) in [5.41, 5.74) is 2.64. The molecule has 2 rings (SSSR count). The van der Waals surface area contributed by atoms with Crippen molar-refractivity contribution in [2.75, 3.05) is 5.32 Å². The minimum Gasteiger partial charge on any atom is -0.380 e. The van der Waals surface area contributed by atoms with Crippen LogP contribution in [0.4, 0.5) is 15.8 Å². The standard InChI is InChI=1S/C15H14BrFN2O2/c1-9-3-4-13(17)11(5-9)8-18-14-7-15(19(20)21)10(2)6-12(14)16/h3-7,18H,8H2,1-2H3. The Kier molecular flexibility index (Phi) is 4.57. The molecule has 21 heavy (non-hydrogen) atoms. The maximum absolute atomic E-state index is 13.7. The van der Waals surface area contributed by atoms with Gasteiger partial charge in [-0.25, -0.2) is 4.39 Å². The first-order valence-electron chi connectivity index (χ1n) is 6.32. The average molecular weight is 353 g/mol. The zero-order valence-corrected chi connectivity index (χ0v) is 13.2. The molecule has 0 amide bonds. The van der Waals surface area contributed by atoms with E-state index in [0.29, 0.717) is 21.3 Å². The Hall–Kier alpha value is -1.95. The number of nitro benzene ring substituents is 1. The predicted molar refractivity (Wildman–Crippen MR) is 84.0 cm³/mol. The molecule has 0 saturated carbocycles. The fourth-order valence-corrected chi connectivity index (χ4v) is 2.62. The van der Waals surface area contributed by atoms with Crippen LogP contribution in [0.3, 0.4) is 0 Å². The lowest BCUT2D eigenvalue weighted by atomic mass is 10.1. The van der Waals surface area contributed by atoms with Crippen molar-refractivity contribution in [1.29, 1.82) is 0 Å². The van der Waals surface area contributed by atoms with Gasteiger partial charge in [-0.2, -0.15) is 0 Å². The lowest BCUT2D eigenvalue weighted by molar-refractivity contribution is -0.385. The number of nitrogens with zero attached hydrogens (tertiary/aromatic N) is 1. The molecule has 2 aromatic rings. The molecule has 0 fully saturated rings. The molecule has 2 aromatic carbocycles. The van der Waals surface area contributed by atoms with Gasteiger partial charge < -0.3 is 5.32 Å². The van der Waals surface area contributed by atoms with Crippen molar-refractivity contribution in [1.82, 2.24) is 0 Å². The third-order valence-electron chi connectivity index (χ3n) is 3.15. The van der Waals surface area contributed by atoms with Gasteiger partial charge in [0.25, 0.3) is 5.69 Å². The van der Waals surface area contributed by atoms with Crippen LogP contribution in [-0.4, -0.2) is 4.92 Å². The molecular weight excluding hydrogens is 339 g/mol. The number of aryl methyl sites for hydroxylation is 2. The van der Waals surface area contributed by atoms with E-state index in [0.717, 1.165) is 5.56 Å². The van der Waals surface area contributed by atoms with Crippen LogP contribution >= 0.6 is 15.9 Å². The van der Waals surface area contributed by atoms with E-state index < -0.39 is 4.92 Å². The number of rotatable bonds is 4. The number of benzene rings is 2. The first kappa shape index (κ1) is 15.4. The van der Waals surface area contributed by atoms with Crippen molar-refractivity contribution in [2.45, 2.75) is 20.4 Å². The number of nitrogens with one attached hydrogen (secondary N) is 1. The second-order valence-electron chi connectivity index (χ2n) is 4.82. The highest BCUT2D eigenvalue weighted by Gasteiger charge is 2.14. The van der Waals surface area contributed by atoms with Crippen LogP contribution in [0.2, 0.25) is 0 Å². The minimum absolute atomic E-state index is 0.0328. The molecule has 0 spiro atoms. The normalized spacial score (nSPS) is 10.5. The average Bonchev–Trinajstić information content (AvgIpc) is 2.41. The van der Waals surface area contributed by atoms with Crippen LogP contribution in [0.25, 0.3) is 0 Å². The SMILES string of the molecule is Cc1ccc(F)c(CNc2cc([N+](=O)[O-])c(C)cc2Br)c1. The Morgan fingerprint density at radius 1 is 1.29 bits per heavy atom. The number of anilines is 1. The quantitative estimate of drug-likeness (QED) is 0.639. The molecule has 0 aromatic heterocycles. The van der Waals surface area contributed by atoms with Crippen LogP contribution in [0.1, 0.15) is 16.7 Å². The molecular formula is C15H14BrFN2O2. The first-order chi connectivity index (χ1) is 9.88. The lowest BCUT2D eigenvalue weighted by Crippen LogP contribution is -2.04. The number of nitro groups is 1. The van der Waals surface area contributed by atoms with Crippen LogP contribution < -0.4 is 5.32 Å². The minimum atomic E-state index is -0.430. The molecule has 0 atom stereocenters. The van der Waals surface area contributed by atoms with E-state index in [2.05, 4.69) is 21.2 Å². The van der Waals surface area contributed by atoms with E-state index in [9.17, 15) is 14.5 Å². The van der Waals surface area contributed by atoms with Gasteiger partial charge in [-0.15, -0.1) is 0 Å². The Bertz CT molecular complexity index is 704. The first-order valence-corrected chi connectivity index (χ1v) is 7.11. The van der Waals surface area contributed by atoms with Crippen molar-refractivity contribution in [2.24, 2.45) is 0 Å². The van der Waals surface area contributed by atoms with Gasteiger partial charge in [-0.1, -0.05) is 17.7 Å². The Morgan fingerprint density at radius 3 is 2.67 bits per heavy atom. The van der Waals surface area contributed by atoms with E-state index in [1.807, 2.05) is 6.92 Å². The largest absolute Gasteiger partial charge is 0.380 e. The maximum atomic E-state index is 13.7. The highest BCUT2D eigenvalue weighted by molar-refractivity contribution is 9.10. The molecule has 0 aliphatic carbocycles. The summed E-state index contributed by atoms with van der Waals surface area (Å²) in [5.74, 6) is -0.300. The summed E-state index contributed by atoms with van der Waals surface area (Å²) in [7, 11) is 0. The molecule has 110 valence electrons. The Morgan fingerprint density at radius 2 is 2.00 bits per heavy atom. The monoisotopic (exact) mass is 352 g/mol. The van der Waals surface area contributed by atoms with Gasteiger partial charge in [0, 0.05) is 28.2 Å². The fourth-order valence-electron chi connectivity index (χ4n) is 2.02. The summed E-state index contributed by atoms with van der Waals surface area (Å²) in [4.78, 5) is 10.5. The maximum Gasteiger partial charge on any atom is 0.274 e. The van der Waals surface area contributed by atoms with E-state index in [1.165, 1.54) is 12.1 Å². The summed E-state index contributed by atoms with van der Waals surface area (Å²) < 4.78 is 14.4.